The smallest absolute Gasteiger partial charge is 0.326 e. The van der Waals surface area contributed by atoms with Crippen LogP contribution in [0.25, 0.3) is 0 Å². The Labute approximate surface area is 98.2 Å². The molecule has 1 saturated carbocycles. The minimum absolute atomic E-state index is 0.0937. The lowest BCUT2D eigenvalue weighted by Crippen LogP contribution is -2.55. The van der Waals surface area contributed by atoms with Crippen LogP contribution in [0.4, 0.5) is 0 Å². The maximum absolute atomic E-state index is 12.0. The minimum Gasteiger partial charge on any atom is -0.465 e. The van der Waals surface area contributed by atoms with E-state index in [1.807, 2.05) is 6.92 Å². The van der Waals surface area contributed by atoms with Gasteiger partial charge in [-0.1, -0.05) is 13.0 Å². The monoisotopic (exact) mass is 225 g/mol. The second-order valence-corrected chi connectivity index (χ2v) is 4.65. The van der Waals surface area contributed by atoms with Crippen LogP contribution in [0.3, 0.4) is 0 Å². The van der Waals surface area contributed by atoms with Gasteiger partial charge in [0, 0.05) is 6.54 Å². The molecule has 0 radical (unpaired) electrons. The first-order valence-corrected chi connectivity index (χ1v) is 6.18. The molecule has 3 heteroatoms. The standard InChI is InChI=1S/C13H23NO2/c1-4-10-14-13(12(15)16-5-2)8-6-11(3)7-9-13/h4,11,14H,1,5-10H2,2-3H3. The Hall–Kier alpha value is -0.830. The number of ether oxygens (including phenoxy) is 1. The number of hydrogen-bond acceptors (Lipinski definition) is 3. The quantitative estimate of drug-likeness (QED) is 0.576. The molecule has 0 unspecified atom stereocenters. The van der Waals surface area contributed by atoms with Crippen LogP contribution in [0.5, 0.6) is 0 Å². The first-order chi connectivity index (χ1) is 7.64. The van der Waals surface area contributed by atoms with E-state index in [0.29, 0.717) is 19.1 Å². The summed E-state index contributed by atoms with van der Waals surface area (Å²) in [6.07, 6.45) is 5.71. The lowest BCUT2D eigenvalue weighted by atomic mass is 9.77. The molecule has 1 fully saturated rings. The third-order valence-electron chi connectivity index (χ3n) is 3.38. The molecule has 0 aliphatic heterocycles. The summed E-state index contributed by atoms with van der Waals surface area (Å²) in [5, 5.41) is 3.30. The van der Waals surface area contributed by atoms with E-state index in [-0.39, 0.29) is 5.97 Å². The fourth-order valence-electron chi connectivity index (χ4n) is 2.24. The second-order valence-electron chi connectivity index (χ2n) is 4.65. The van der Waals surface area contributed by atoms with Crippen LogP contribution in [0, 0.1) is 5.92 Å². The molecule has 1 rings (SSSR count). The molecular formula is C13H23NO2. The topological polar surface area (TPSA) is 38.3 Å². The van der Waals surface area contributed by atoms with Crippen molar-refractivity contribution in [1.82, 2.24) is 5.32 Å². The largest absolute Gasteiger partial charge is 0.465 e. The van der Waals surface area contributed by atoms with E-state index in [4.69, 9.17) is 4.74 Å². The number of hydrogen-bond donors (Lipinski definition) is 1. The number of esters is 1. The van der Waals surface area contributed by atoms with Crippen molar-refractivity contribution in [2.45, 2.75) is 45.1 Å². The Bertz CT molecular complexity index is 242. The van der Waals surface area contributed by atoms with E-state index >= 15 is 0 Å². The molecule has 3 nitrogen and oxygen atoms in total. The minimum atomic E-state index is -0.462. The summed E-state index contributed by atoms with van der Waals surface area (Å²) in [7, 11) is 0. The molecule has 0 aromatic rings. The molecule has 16 heavy (non-hydrogen) atoms. The van der Waals surface area contributed by atoms with Crippen molar-refractivity contribution in [3.8, 4) is 0 Å². The molecule has 0 saturated heterocycles. The fourth-order valence-corrected chi connectivity index (χ4v) is 2.24. The molecule has 0 amide bonds. The number of nitrogens with one attached hydrogen (secondary N) is 1. The van der Waals surface area contributed by atoms with Gasteiger partial charge in [0.2, 0.25) is 0 Å². The molecule has 0 aromatic carbocycles. The summed E-state index contributed by atoms with van der Waals surface area (Å²) in [4.78, 5) is 12.0. The number of carbonyl (C=O) groups is 1. The molecular weight excluding hydrogens is 202 g/mol. The summed E-state index contributed by atoms with van der Waals surface area (Å²) in [6.45, 7) is 8.88. The Balaban J connectivity index is 2.67. The average molecular weight is 225 g/mol. The van der Waals surface area contributed by atoms with Gasteiger partial charge in [0.25, 0.3) is 0 Å². The van der Waals surface area contributed by atoms with Gasteiger partial charge in [0.1, 0.15) is 5.54 Å². The highest BCUT2D eigenvalue weighted by molar-refractivity contribution is 5.81. The third kappa shape index (κ3) is 3.08. The second kappa shape index (κ2) is 6.04. The van der Waals surface area contributed by atoms with Crippen molar-refractivity contribution in [2.75, 3.05) is 13.2 Å². The highest BCUT2D eigenvalue weighted by Crippen LogP contribution is 2.32. The zero-order valence-corrected chi connectivity index (χ0v) is 10.4. The van der Waals surface area contributed by atoms with E-state index in [2.05, 4.69) is 18.8 Å². The van der Waals surface area contributed by atoms with Crippen molar-refractivity contribution in [1.29, 1.82) is 0 Å². The van der Waals surface area contributed by atoms with E-state index in [0.717, 1.165) is 25.7 Å². The van der Waals surface area contributed by atoms with Crippen molar-refractivity contribution in [2.24, 2.45) is 5.92 Å². The highest BCUT2D eigenvalue weighted by Gasteiger charge is 2.41. The van der Waals surface area contributed by atoms with Crippen molar-refractivity contribution in [3.05, 3.63) is 12.7 Å². The number of rotatable bonds is 5. The first-order valence-electron chi connectivity index (χ1n) is 6.18. The van der Waals surface area contributed by atoms with E-state index in [1.54, 1.807) is 6.08 Å². The van der Waals surface area contributed by atoms with Gasteiger partial charge in [-0.25, -0.2) is 0 Å². The van der Waals surface area contributed by atoms with Crippen LogP contribution in [-0.4, -0.2) is 24.7 Å². The predicted octanol–water partition coefficient (Wildman–Crippen LogP) is 2.27. The lowest BCUT2D eigenvalue weighted by molar-refractivity contribution is -0.153. The van der Waals surface area contributed by atoms with Crippen LogP contribution in [0.2, 0.25) is 0 Å². The molecule has 0 bridgehead atoms. The van der Waals surface area contributed by atoms with Crippen LogP contribution >= 0.6 is 0 Å². The van der Waals surface area contributed by atoms with Crippen LogP contribution < -0.4 is 5.32 Å². The normalized spacial score (nSPS) is 29.8. The molecule has 1 aliphatic carbocycles. The molecule has 0 heterocycles. The first kappa shape index (κ1) is 13.2. The van der Waals surface area contributed by atoms with E-state index < -0.39 is 5.54 Å². The molecule has 92 valence electrons. The number of carbonyl (C=O) groups excluding carboxylic acids is 1. The van der Waals surface area contributed by atoms with Gasteiger partial charge in [-0.2, -0.15) is 0 Å². The molecule has 0 aromatic heterocycles. The summed E-state index contributed by atoms with van der Waals surface area (Å²) >= 11 is 0. The maximum Gasteiger partial charge on any atom is 0.326 e. The predicted molar refractivity (Wildman–Crippen MR) is 65.2 cm³/mol. The Morgan fingerprint density at radius 3 is 2.69 bits per heavy atom. The van der Waals surface area contributed by atoms with Gasteiger partial charge < -0.3 is 4.74 Å². The van der Waals surface area contributed by atoms with Gasteiger partial charge in [-0.15, -0.1) is 6.58 Å². The van der Waals surface area contributed by atoms with Crippen LogP contribution in [0.15, 0.2) is 12.7 Å². The van der Waals surface area contributed by atoms with Crippen molar-refractivity contribution < 1.29 is 9.53 Å². The maximum atomic E-state index is 12.0. The van der Waals surface area contributed by atoms with Gasteiger partial charge in [0.05, 0.1) is 6.61 Å². The zero-order chi connectivity index (χ0) is 12.0. The van der Waals surface area contributed by atoms with E-state index in [9.17, 15) is 4.79 Å². The molecule has 1 aliphatic rings. The zero-order valence-electron chi connectivity index (χ0n) is 10.4. The summed E-state index contributed by atoms with van der Waals surface area (Å²) in [5.41, 5.74) is -0.462. The van der Waals surface area contributed by atoms with Crippen LogP contribution in [-0.2, 0) is 9.53 Å². The molecule has 0 atom stereocenters. The van der Waals surface area contributed by atoms with Gasteiger partial charge in [-0.3, -0.25) is 10.1 Å². The summed E-state index contributed by atoms with van der Waals surface area (Å²) in [6, 6.07) is 0. The summed E-state index contributed by atoms with van der Waals surface area (Å²) in [5.74, 6) is 0.622. The highest BCUT2D eigenvalue weighted by atomic mass is 16.5. The molecule has 0 spiro atoms. The van der Waals surface area contributed by atoms with Crippen LogP contribution in [0.1, 0.15) is 39.5 Å². The van der Waals surface area contributed by atoms with Crippen molar-refractivity contribution in [3.63, 3.8) is 0 Å². The Morgan fingerprint density at radius 2 is 2.19 bits per heavy atom. The molecule has 1 N–H and O–H groups in total. The Kier molecular flexibility index (Phi) is 5.00. The van der Waals surface area contributed by atoms with Gasteiger partial charge in [-0.05, 0) is 38.5 Å². The van der Waals surface area contributed by atoms with Gasteiger partial charge >= 0.3 is 5.97 Å². The fraction of sp³-hybridized carbons (Fsp3) is 0.769. The average Bonchev–Trinajstić information content (AvgIpc) is 2.29. The van der Waals surface area contributed by atoms with Gasteiger partial charge in [0.15, 0.2) is 0 Å². The summed E-state index contributed by atoms with van der Waals surface area (Å²) < 4.78 is 5.18. The lowest BCUT2D eigenvalue weighted by Gasteiger charge is -2.37. The van der Waals surface area contributed by atoms with Crippen molar-refractivity contribution >= 4 is 5.97 Å². The SMILES string of the molecule is C=CCNC1(C(=O)OCC)CCC(C)CC1. The van der Waals surface area contributed by atoms with E-state index in [1.165, 1.54) is 0 Å². The third-order valence-corrected chi connectivity index (χ3v) is 3.38. The Morgan fingerprint density at radius 1 is 1.56 bits per heavy atom.